The molecule has 1 aromatic heterocycles. The molecule has 0 fully saturated rings. The Labute approximate surface area is 169 Å². The van der Waals surface area contributed by atoms with Crippen LogP contribution in [0.25, 0.3) is 5.69 Å². The minimum atomic E-state index is -1.04. The number of anilines is 1. The Morgan fingerprint density at radius 2 is 1.79 bits per heavy atom. The molecule has 6 heteroatoms. The fourth-order valence-corrected chi connectivity index (χ4v) is 3.31. The zero-order chi connectivity index (χ0) is 20.4. The molecule has 5 nitrogen and oxygen atoms in total. The smallest absolute Gasteiger partial charge is 0.337 e. The minimum absolute atomic E-state index is 0.0860. The summed E-state index contributed by atoms with van der Waals surface area (Å²) in [5.41, 5.74) is 5.77. The van der Waals surface area contributed by atoms with Crippen LogP contribution < -0.4 is 4.90 Å². The molecular weight excluding hydrogens is 374 g/mol. The fraction of sp³-hybridized carbons (Fsp3) is 0.182. The predicted octanol–water partition coefficient (Wildman–Crippen LogP) is 5.26. The maximum absolute atomic E-state index is 11.4. The van der Waals surface area contributed by atoms with Gasteiger partial charge in [-0.25, -0.2) is 4.79 Å². The number of hydrogen-bond donors (Lipinski definition) is 1. The number of carbonyl (C=O) groups is 1. The summed E-state index contributed by atoms with van der Waals surface area (Å²) in [5, 5.41) is 9.55. The zero-order valence-corrected chi connectivity index (χ0v) is 17.0. The molecule has 0 aliphatic carbocycles. The maximum atomic E-state index is 11.4. The van der Waals surface area contributed by atoms with Gasteiger partial charge in [0.2, 0.25) is 0 Å². The summed E-state index contributed by atoms with van der Waals surface area (Å²) in [6, 6.07) is 15.0. The highest BCUT2D eigenvalue weighted by molar-refractivity contribution is 6.33. The van der Waals surface area contributed by atoms with Crippen LogP contribution in [0.3, 0.4) is 0 Å². The molecule has 1 N–H and O–H groups in total. The molecule has 2 aromatic carbocycles. The van der Waals surface area contributed by atoms with E-state index in [4.69, 9.17) is 11.6 Å². The Hall–Kier alpha value is -3.05. The number of aromatic nitrogens is 1. The summed E-state index contributed by atoms with van der Waals surface area (Å²) in [6.45, 7) is 3.96. The maximum Gasteiger partial charge on any atom is 0.337 e. The van der Waals surface area contributed by atoms with Gasteiger partial charge in [-0.15, -0.1) is 0 Å². The Morgan fingerprint density at radius 3 is 2.39 bits per heavy atom. The number of rotatable bonds is 5. The highest BCUT2D eigenvalue weighted by Gasteiger charge is 2.14. The lowest BCUT2D eigenvalue weighted by Crippen LogP contribution is -2.07. The van der Waals surface area contributed by atoms with Crippen molar-refractivity contribution >= 4 is 35.2 Å². The van der Waals surface area contributed by atoms with Crippen LogP contribution in [0, 0.1) is 13.8 Å². The SMILES string of the molecule is Cc1cc(C=Nc2ccc(N(C)C)cc2)c(C)n1-c1ccc(Cl)c(C(=O)O)c1. The van der Waals surface area contributed by atoms with E-state index in [0.717, 1.165) is 34.0 Å². The van der Waals surface area contributed by atoms with Crippen LogP contribution >= 0.6 is 11.6 Å². The highest BCUT2D eigenvalue weighted by atomic mass is 35.5. The molecule has 0 radical (unpaired) electrons. The Morgan fingerprint density at radius 1 is 1.11 bits per heavy atom. The van der Waals surface area contributed by atoms with Crippen LogP contribution in [0.2, 0.25) is 5.02 Å². The van der Waals surface area contributed by atoms with Crippen LogP contribution in [0.15, 0.2) is 53.5 Å². The fourth-order valence-electron chi connectivity index (χ4n) is 3.11. The first-order valence-corrected chi connectivity index (χ1v) is 9.19. The van der Waals surface area contributed by atoms with Crippen molar-refractivity contribution in [2.45, 2.75) is 13.8 Å². The Kier molecular flexibility index (Phi) is 5.56. The summed E-state index contributed by atoms with van der Waals surface area (Å²) in [6.07, 6.45) is 1.83. The van der Waals surface area contributed by atoms with E-state index >= 15 is 0 Å². The molecule has 0 bridgehead atoms. The van der Waals surface area contributed by atoms with Crippen molar-refractivity contribution < 1.29 is 9.90 Å². The lowest BCUT2D eigenvalue weighted by atomic mass is 10.2. The van der Waals surface area contributed by atoms with Crippen molar-refractivity contribution in [2.24, 2.45) is 4.99 Å². The number of carboxylic acid groups (broad SMARTS) is 1. The molecule has 144 valence electrons. The molecule has 0 saturated carbocycles. The first-order valence-electron chi connectivity index (χ1n) is 8.81. The van der Waals surface area contributed by atoms with E-state index in [1.807, 2.05) is 80.0 Å². The van der Waals surface area contributed by atoms with Crippen LogP contribution in [-0.2, 0) is 0 Å². The third-order valence-electron chi connectivity index (χ3n) is 4.63. The summed E-state index contributed by atoms with van der Waals surface area (Å²) < 4.78 is 2.00. The summed E-state index contributed by atoms with van der Waals surface area (Å²) >= 11 is 6.00. The molecular formula is C22H22ClN3O2. The Bertz CT molecular complexity index is 1050. The van der Waals surface area contributed by atoms with Crippen molar-refractivity contribution in [3.8, 4) is 5.69 Å². The number of nitrogens with zero attached hydrogens (tertiary/aromatic N) is 3. The van der Waals surface area contributed by atoms with Crippen LogP contribution in [0.5, 0.6) is 0 Å². The zero-order valence-electron chi connectivity index (χ0n) is 16.3. The van der Waals surface area contributed by atoms with E-state index in [9.17, 15) is 9.90 Å². The number of hydrogen-bond acceptors (Lipinski definition) is 3. The van der Waals surface area contributed by atoms with E-state index in [1.54, 1.807) is 12.1 Å². The standard InChI is InChI=1S/C22H22ClN3O2/c1-14-11-16(13-24-17-5-7-18(8-6-17)25(3)4)15(2)26(14)19-9-10-21(23)20(12-19)22(27)28/h5-13H,1-4H3,(H,27,28). The molecule has 0 aliphatic rings. The van der Waals surface area contributed by atoms with E-state index in [1.165, 1.54) is 0 Å². The van der Waals surface area contributed by atoms with Gasteiger partial charge < -0.3 is 14.6 Å². The molecule has 3 rings (SSSR count). The summed E-state index contributed by atoms with van der Waals surface area (Å²) in [4.78, 5) is 18.0. The third kappa shape index (κ3) is 3.94. The molecule has 0 amide bonds. The molecule has 0 aliphatic heterocycles. The van der Waals surface area contributed by atoms with E-state index in [2.05, 4.69) is 4.99 Å². The normalized spacial score (nSPS) is 11.2. The van der Waals surface area contributed by atoms with E-state index in [0.29, 0.717) is 0 Å². The van der Waals surface area contributed by atoms with Gasteiger partial charge in [0.15, 0.2) is 0 Å². The number of aliphatic imine (C=N–C) groups is 1. The second kappa shape index (κ2) is 7.90. The predicted molar refractivity (Wildman–Crippen MR) is 115 cm³/mol. The Balaban J connectivity index is 1.94. The first-order chi connectivity index (χ1) is 13.3. The lowest BCUT2D eigenvalue weighted by molar-refractivity contribution is 0.0697. The van der Waals surface area contributed by atoms with Gasteiger partial charge in [-0.3, -0.25) is 4.99 Å². The summed E-state index contributed by atoms with van der Waals surface area (Å²) in [5.74, 6) is -1.04. The van der Waals surface area contributed by atoms with Crippen LogP contribution in [0.1, 0.15) is 27.3 Å². The molecule has 0 unspecified atom stereocenters. The third-order valence-corrected chi connectivity index (χ3v) is 4.96. The number of aromatic carboxylic acids is 1. The lowest BCUT2D eigenvalue weighted by Gasteiger charge is -2.11. The van der Waals surface area contributed by atoms with Crippen molar-refractivity contribution in [3.63, 3.8) is 0 Å². The van der Waals surface area contributed by atoms with Gasteiger partial charge in [0, 0.05) is 48.6 Å². The first kappa shape index (κ1) is 19.7. The highest BCUT2D eigenvalue weighted by Crippen LogP contribution is 2.25. The monoisotopic (exact) mass is 395 g/mol. The van der Waals surface area contributed by atoms with Crippen molar-refractivity contribution in [1.29, 1.82) is 0 Å². The average molecular weight is 396 g/mol. The van der Waals surface area contributed by atoms with Crippen molar-refractivity contribution in [3.05, 3.63) is 76.1 Å². The van der Waals surface area contributed by atoms with Gasteiger partial charge in [-0.05, 0) is 62.4 Å². The number of halogens is 1. The van der Waals surface area contributed by atoms with E-state index < -0.39 is 5.97 Å². The van der Waals surface area contributed by atoms with Gasteiger partial charge in [0.25, 0.3) is 0 Å². The molecule has 0 spiro atoms. The topological polar surface area (TPSA) is 57.8 Å². The van der Waals surface area contributed by atoms with Crippen LogP contribution in [-0.4, -0.2) is 36.0 Å². The largest absolute Gasteiger partial charge is 0.478 e. The number of carboxylic acids is 1. The molecule has 3 aromatic rings. The minimum Gasteiger partial charge on any atom is -0.478 e. The molecule has 0 atom stereocenters. The molecule has 28 heavy (non-hydrogen) atoms. The number of benzene rings is 2. The molecule has 0 saturated heterocycles. The average Bonchev–Trinajstić information content (AvgIpc) is 2.94. The second-order valence-corrected chi connectivity index (χ2v) is 7.21. The number of aryl methyl sites for hydroxylation is 1. The second-order valence-electron chi connectivity index (χ2n) is 6.80. The van der Waals surface area contributed by atoms with E-state index in [-0.39, 0.29) is 10.6 Å². The quantitative estimate of drug-likeness (QED) is 0.599. The van der Waals surface area contributed by atoms with Gasteiger partial charge in [0.05, 0.1) is 16.3 Å². The van der Waals surface area contributed by atoms with Gasteiger partial charge in [-0.1, -0.05) is 11.6 Å². The van der Waals surface area contributed by atoms with Crippen molar-refractivity contribution in [2.75, 3.05) is 19.0 Å². The van der Waals surface area contributed by atoms with Crippen molar-refractivity contribution in [1.82, 2.24) is 4.57 Å². The molecule has 1 heterocycles. The van der Waals surface area contributed by atoms with Gasteiger partial charge in [0.1, 0.15) is 0 Å². The van der Waals surface area contributed by atoms with Gasteiger partial charge >= 0.3 is 5.97 Å². The summed E-state index contributed by atoms with van der Waals surface area (Å²) in [7, 11) is 4.00. The van der Waals surface area contributed by atoms with Crippen LogP contribution in [0.4, 0.5) is 11.4 Å². The van der Waals surface area contributed by atoms with Gasteiger partial charge in [-0.2, -0.15) is 0 Å².